The highest BCUT2D eigenvalue weighted by atomic mass is 19.1. The second kappa shape index (κ2) is 3.84. The van der Waals surface area contributed by atoms with Crippen LogP contribution in [0.5, 0.6) is 5.75 Å². The molecule has 0 saturated carbocycles. The number of phenolic OH excluding ortho intramolecular Hbond substituents is 1. The van der Waals surface area contributed by atoms with Gasteiger partial charge < -0.3 is 5.11 Å². The Bertz CT molecular complexity index is 327. The molecule has 0 heterocycles. The number of benzene rings is 1. The molecule has 0 spiro atoms. The maximum Gasteiger partial charge on any atom is 0.208 e. The fourth-order valence-electron chi connectivity index (χ4n) is 0.973. The summed E-state index contributed by atoms with van der Waals surface area (Å²) in [5, 5.41) is 19.1. The average Bonchev–Trinajstić information content (AvgIpc) is 2.07. The molecule has 0 radical (unpaired) electrons. The van der Waals surface area contributed by atoms with Gasteiger partial charge in [0.05, 0.1) is 0 Å². The summed E-state index contributed by atoms with van der Waals surface area (Å²) < 4.78 is 12.7. The minimum Gasteiger partial charge on any atom is -0.505 e. The molecule has 13 heavy (non-hydrogen) atoms. The van der Waals surface area contributed by atoms with Crippen LogP contribution >= 0.6 is 0 Å². The standard InChI is InChI=1S/C8H8FNO3/c9-7-3-1-2-6(8(7)11)4-5-10(12)13/h1-3,11H,4-5H2. The van der Waals surface area contributed by atoms with Gasteiger partial charge in [-0.1, -0.05) is 12.1 Å². The van der Waals surface area contributed by atoms with E-state index >= 15 is 0 Å². The SMILES string of the molecule is O=[N+]([O-])CCc1cccc(F)c1O. The van der Waals surface area contributed by atoms with Crippen LogP contribution in [0.3, 0.4) is 0 Å². The quantitative estimate of drug-likeness (QED) is 0.571. The van der Waals surface area contributed by atoms with E-state index in [4.69, 9.17) is 5.11 Å². The Morgan fingerprint density at radius 3 is 2.85 bits per heavy atom. The van der Waals surface area contributed by atoms with E-state index < -0.39 is 16.5 Å². The summed E-state index contributed by atoms with van der Waals surface area (Å²) in [5.41, 5.74) is 0.261. The van der Waals surface area contributed by atoms with Crippen LogP contribution in [0.2, 0.25) is 0 Å². The van der Waals surface area contributed by atoms with E-state index in [0.29, 0.717) is 0 Å². The number of hydrogen-bond acceptors (Lipinski definition) is 3. The Labute approximate surface area is 73.8 Å². The number of nitro groups is 1. The lowest BCUT2D eigenvalue weighted by Gasteiger charge is -2.01. The minimum atomic E-state index is -0.749. The van der Waals surface area contributed by atoms with Crippen molar-refractivity contribution in [2.24, 2.45) is 0 Å². The molecule has 0 aromatic heterocycles. The summed E-state index contributed by atoms with van der Waals surface area (Å²) in [6, 6.07) is 3.97. The molecule has 4 nitrogen and oxygen atoms in total. The first-order valence-electron chi connectivity index (χ1n) is 3.69. The third kappa shape index (κ3) is 2.40. The minimum absolute atomic E-state index is 0.0383. The maximum atomic E-state index is 12.7. The molecule has 5 heteroatoms. The molecule has 1 N–H and O–H groups in total. The van der Waals surface area contributed by atoms with Crippen LogP contribution in [0, 0.1) is 15.9 Å². The van der Waals surface area contributed by atoms with Gasteiger partial charge in [0.2, 0.25) is 6.54 Å². The van der Waals surface area contributed by atoms with Crippen LogP contribution in [-0.2, 0) is 6.42 Å². The van der Waals surface area contributed by atoms with Crippen LogP contribution in [0.25, 0.3) is 0 Å². The number of para-hydroxylation sites is 1. The smallest absolute Gasteiger partial charge is 0.208 e. The summed E-state index contributed by atoms with van der Waals surface area (Å²) in [6.07, 6.45) is 0.0383. The zero-order chi connectivity index (χ0) is 9.84. The summed E-state index contributed by atoms with van der Waals surface area (Å²) >= 11 is 0. The largest absolute Gasteiger partial charge is 0.505 e. The van der Waals surface area contributed by atoms with Gasteiger partial charge in [0.25, 0.3) is 0 Å². The molecule has 1 aromatic rings. The highest BCUT2D eigenvalue weighted by molar-refractivity contribution is 5.33. The van der Waals surface area contributed by atoms with Gasteiger partial charge in [-0.15, -0.1) is 0 Å². The molecule has 0 aliphatic carbocycles. The Morgan fingerprint density at radius 1 is 1.54 bits per heavy atom. The number of aromatic hydroxyl groups is 1. The Morgan fingerprint density at radius 2 is 2.23 bits per heavy atom. The average molecular weight is 185 g/mol. The van der Waals surface area contributed by atoms with Crippen molar-refractivity contribution >= 4 is 0 Å². The summed E-state index contributed by atoms with van der Waals surface area (Å²) in [6.45, 7) is -0.309. The first kappa shape index (κ1) is 9.44. The first-order valence-corrected chi connectivity index (χ1v) is 3.69. The number of rotatable bonds is 3. The van der Waals surface area contributed by atoms with Crippen LogP contribution in [-0.4, -0.2) is 16.6 Å². The normalized spacial score (nSPS) is 9.92. The van der Waals surface area contributed by atoms with E-state index in [1.54, 1.807) is 0 Å². The second-order valence-corrected chi connectivity index (χ2v) is 2.55. The lowest BCUT2D eigenvalue weighted by molar-refractivity contribution is -0.479. The molecule has 0 amide bonds. The van der Waals surface area contributed by atoms with E-state index in [0.717, 1.165) is 6.07 Å². The van der Waals surface area contributed by atoms with E-state index in [-0.39, 0.29) is 18.5 Å². The predicted octanol–water partition coefficient (Wildman–Crippen LogP) is 1.35. The van der Waals surface area contributed by atoms with Crippen molar-refractivity contribution in [3.05, 3.63) is 39.7 Å². The molecule has 0 aliphatic rings. The Hall–Kier alpha value is -1.65. The molecule has 0 atom stereocenters. The molecule has 1 rings (SSSR count). The van der Waals surface area contributed by atoms with Crippen LogP contribution in [0.1, 0.15) is 5.56 Å². The molecular formula is C8H8FNO3. The van der Waals surface area contributed by atoms with Crippen LogP contribution in [0.4, 0.5) is 4.39 Å². The maximum absolute atomic E-state index is 12.7. The topological polar surface area (TPSA) is 63.4 Å². The van der Waals surface area contributed by atoms with Gasteiger partial charge in [-0.2, -0.15) is 0 Å². The van der Waals surface area contributed by atoms with E-state index in [9.17, 15) is 14.5 Å². The fourth-order valence-corrected chi connectivity index (χ4v) is 0.973. The summed E-state index contributed by atoms with van der Waals surface area (Å²) in [5.74, 6) is -1.25. The van der Waals surface area contributed by atoms with E-state index in [2.05, 4.69) is 0 Å². The van der Waals surface area contributed by atoms with Crippen molar-refractivity contribution in [3.63, 3.8) is 0 Å². The lowest BCUT2D eigenvalue weighted by Crippen LogP contribution is -2.04. The Kier molecular flexibility index (Phi) is 2.79. The predicted molar refractivity (Wildman–Crippen MR) is 43.6 cm³/mol. The van der Waals surface area contributed by atoms with E-state index in [1.165, 1.54) is 12.1 Å². The van der Waals surface area contributed by atoms with Crippen molar-refractivity contribution < 1.29 is 14.4 Å². The van der Waals surface area contributed by atoms with Gasteiger partial charge in [-0.05, 0) is 6.07 Å². The van der Waals surface area contributed by atoms with Gasteiger partial charge in [-0.25, -0.2) is 4.39 Å². The summed E-state index contributed by atoms with van der Waals surface area (Å²) in [7, 11) is 0. The second-order valence-electron chi connectivity index (χ2n) is 2.55. The molecule has 70 valence electrons. The molecule has 1 aromatic carbocycles. The third-order valence-electron chi connectivity index (χ3n) is 1.63. The van der Waals surface area contributed by atoms with Crippen molar-refractivity contribution in [1.82, 2.24) is 0 Å². The number of hydrogen-bond donors (Lipinski definition) is 1. The highest BCUT2D eigenvalue weighted by Gasteiger charge is 2.08. The van der Waals surface area contributed by atoms with Crippen molar-refractivity contribution in [2.75, 3.05) is 6.54 Å². The number of phenols is 1. The highest BCUT2D eigenvalue weighted by Crippen LogP contribution is 2.20. The molecule has 0 fully saturated rings. The Balaban J connectivity index is 2.77. The monoisotopic (exact) mass is 185 g/mol. The van der Waals surface area contributed by atoms with Gasteiger partial charge in [-0.3, -0.25) is 10.1 Å². The van der Waals surface area contributed by atoms with Crippen molar-refractivity contribution in [1.29, 1.82) is 0 Å². The summed E-state index contributed by atoms with van der Waals surface area (Å²) in [4.78, 5) is 9.49. The fraction of sp³-hybridized carbons (Fsp3) is 0.250. The van der Waals surface area contributed by atoms with E-state index in [1.807, 2.05) is 0 Å². The molecule has 0 saturated heterocycles. The zero-order valence-electron chi connectivity index (χ0n) is 6.74. The van der Waals surface area contributed by atoms with Gasteiger partial charge >= 0.3 is 0 Å². The van der Waals surface area contributed by atoms with Crippen molar-refractivity contribution in [2.45, 2.75) is 6.42 Å². The number of halogens is 1. The van der Waals surface area contributed by atoms with Gasteiger partial charge in [0, 0.05) is 16.9 Å². The molecular weight excluding hydrogens is 177 g/mol. The first-order chi connectivity index (χ1) is 6.11. The molecule has 0 aliphatic heterocycles. The van der Waals surface area contributed by atoms with Gasteiger partial charge in [0.15, 0.2) is 11.6 Å². The van der Waals surface area contributed by atoms with Crippen molar-refractivity contribution in [3.8, 4) is 5.75 Å². The van der Waals surface area contributed by atoms with Crippen LogP contribution in [0.15, 0.2) is 18.2 Å². The third-order valence-corrected chi connectivity index (χ3v) is 1.63. The van der Waals surface area contributed by atoms with Crippen LogP contribution < -0.4 is 0 Å². The molecule has 0 bridgehead atoms. The lowest BCUT2D eigenvalue weighted by atomic mass is 10.1. The zero-order valence-corrected chi connectivity index (χ0v) is 6.74. The molecule has 0 unspecified atom stereocenters. The number of nitrogens with zero attached hydrogens (tertiary/aromatic N) is 1. The van der Waals surface area contributed by atoms with Gasteiger partial charge in [0.1, 0.15) is 0 Å².